The molecule has 1 aliphatic heterocycles. The first kappa shape index (κ1) is 13.8. The van der Waals surface area contributed by atoms with Gasteiger partial charge in [-0.15, -0.1) is 0 Å². The van der Waals surface area contributed by atoms with Gasteiger partial charge in [-0.05, 0) is 23.6 Å². The number of hydrogen-bond acceptors (Lipinski definition) is 3. The van der Waals surface area contributed by atoms with Crippen molar-refractivity contribution in [2.24, 2.45) is 0 Å². The lowest BCUT2D eigenvalue weighted by atomic mass is 9.86. The molecule has 0 bridgehead atoms. The summed E-state index contributed by atoms with van der Waals surface area (Å²) < 4.78 is 11.3. The summed E-state index contributed by atoms with van der Waals surface area (Å²) in [5.41, 5.74) is 1.73. The van der Waals surface area contributed by atoms with Gasteiger partial charge in [-0.1, -0.05) is 30.8 Å². The Hall–Kier alpha value is -1.65. The number of methoxy groups -OCH3 is 1. The van der Waals surface area contributed by atoms with Crippen LogP contribution in [0.5, 0.6) is 0 Å². The molecule has 1 aromatic rings. The fraction of sp³-hybridized carbons (Fsp3) is 0.400. The molecule has 0 fully saturated rings. The third-order valence-corrected chi connectivity index (χ3v) is 3.37. The average Bonchev–Trinajstić information content (AvgIpc) is 2.45. The van der Waals surface area contributed by atoms with Crippen molar-refractivity contribution in [2.45, 2.75) is 12.0 Å². The summed E-state index contributed by atoms with van der Waals surface area (Å²) in [6, 6.07) is 8.13. The van der Waals surface area contributed by atoms with Gasteiger partial charge in [0.1, 0.15) is 5.60 Å². The smallest absolute Gasteiger partial charge is 0.243 e. The maximum absolute atomic E-state index is 11.4. The zero-order valence-corrected chi connectivity index (χ0v) is 11.1. The third-order valence-electron chi connectivity index (χ3n) is 3.37. The van der Waals surface area contributed by atoms with Crippen LogP contribution >= 0.6 is 0 Å². The number of carbonyl (C=O) groups excluding carboxylic acids is 1. The van der Waals surface area contributed by atoms with E-state index in [9.17, 15) is 4.79 Å². The summed E-state index contributed by atoms with van der Waals surface area (Å²) in [6.07, 6.45) is 2.15. The molecule has 1 aliphatic rings. The number of amides is 1. The lowest BCUT2D eigenvalue weighted by molar-refractivity contribution is -0.123. The van der Waals surface area contributed by atoms with Gasteiger partial charge in [-0.25, -0.2) is 0 Å². The summed E-state index contributed by atoms with van der Waals surface area (Å²) in [7, 11) is 1.64. The molecule has 2 rings (SSSR count). The van der Waals surface area contributed by atoms with Crippen LogP contribution in [0.1, 0.15) is 11.1 Å². The van der Waals surface area contributed by atoms with Crippen LogP contribution in [0.15, 0.2) is 36.9 Å². The van der Waals surface area contributed by atoms with Crippen LogP contribution < -0.4 is 5.32 Å². The van der Waals surface area contributed by atoms with Gasteiger partial charge in [0.2, 0.25) is 5.91 Å². The second-order valence-electron chi connectivity index (χ2n) is 4.60. The highest BCUT2D eigenvalue weighted by Gasteiger charge is 2.38. The lowest BCUT2D eigenvalue weighted by Gasteiger charge is -2.38. The first-order valence-electron chi connectivity index (χ1n) is 6.33. The predicted octanol–water partition coefficient (Wildman–Crippen LogP) is 1.40. The molecule has 0 saturated carbocycles. The van der Waals surface area contributed by atoms with Crippen molar-refractivity contribution in [3.63, 3.8) is 0 Å². The quantitative estimate of drug-likeness (QED) is 0.815. The largest absolute Gasteiger partial charge is 0.381 e. The van der Waals surface area contributed by atoms with Crippen LogP contribution in [-0.2, 0) is 26.3 Å². The van der Waals surface area contributed by atoms with Crippen molar-refractivity contribution in [3.8, 4) is 0 Å². The van der Waals surface area contributed by atoms with Gasteiger partial charge in [-0.2, -0.15) is 0 Å². The molecule has 1 heterocycles. The zero-order valence-electron chi connectivity index (χ0n) is 11.1. The molecule has 0 aliphatic carbocycles. The van der Waals surface area contributed by atoms with E-state index < -0.39 is 5.60 Å². The Balaban J connectivity index is 2.29. The Morgan fingerprint density at radius 3 is 3.11 bits per heavy atom. The van der Waals surface area contributed by atoms with Crippen molar-refractivity contribution in [2.75, 3.05) is 26.9 Å². The maximum atomic E-state index is 11.4. The van der Waals surface area contributed by atoms with Gasteiger partial charge < -0.3 is 14.8 Å². The van der Waals surface area contributed by atoms with Gasteiger partial charge in [-0.3, -0.25) is 4.79 Å². The van der Waals surface area contributed by atoms with Gasteiger partial charge >= 0.3 is 0 Å². The van der Waals surface area contributed by atoms with Crippen molar-refractivity contribution < 1.29 is 14.3 Å². The van der Waals surface area contributed by atoms with Crippen molar-refractivity contribution in [1.29, 1.82) is 0 Å². The third kappa shape index (κ3) is 2.85. The number of benzene rings is 1. The number of fused-ring (bicyclic) bond motifs is 1. The summed E-state index contributed by atoms with van der Waals surface area (Å²) in [4.78, 5) is 11.4. The minimum Gasteiger partial charge on any atom is -0.381 e. The molecule has 1 atom stereocenters. The average molecular weight is 261 g/mol. The first-order valence-corrected chi connectivity index (χ1v) is 6.33. The van der Waals surface area contributed by atoms with E-state index in [4.69, 9.17) is 9.47 Å². The monoisotopic (exact) mass is 261 g/mol. The van der Waals surface area contributed by atoms with E-state index in [-0.39, 0.29) is 5.91 Å². The number of hydrogen-bond donors (Lipinski definition) is 1. The molecular formula is C15H19NO3. The predicted molar refractivity (Wildman–Crippen MR) is 72.9 cm³/mol. The van der Waals surface area contributed by atoms with Gasteiger partial charge in [0, 0.05) is 7.11 Å². The molecular weight excluding hydrogens is 242 g/mol. The molecule has 19 heavy (non-hydrogen) atoms. The maximum Gasteiger partial charge on any atom is 0.243 e. The molecule has 1 N–H and O–H groups in total. The Labute approximate surface area is 113 Å². The number of ether oxygens (including phenoxy) is 2. The molecule has 102 valence electrons. The fourth-order valence-corrected chi connectivity index (χ4v) is 2.47. The Morgan fingerprint density at radius 1 is 1.58 bits per heavy atom. The minimum atomic E-state index is -0.609. The van der Waals surface area contributed by atoms with Crippen LogP contribution in [0.2, 0.25) is 0 Å². The summed E-state index contributed by atoms with van der Waals surface area (Å²) >= 11 is 0. The Morgan fingerprint density at radius 2 is 2.37 bits per heavy atom. The molecule has 1 unspecified atom stereocenters. The Bertz CT molecular complexity index is 472. The standard InChI is InChI=1S/C15H19NO3/c1-3-14(17)16-10-15(11-18-2)13-7-5-4-6-12(13)8-9-19-15/h3-7H,1,8-11H2,2H3,(H,16,17). The van der Waals surface area contributed by atoms with Crippen LogP contribution in [0.4, 0.5) is 0 Å². The topological polar surface area (TPSA) is 47.6 Å². The fourth-order valence-electron chi connectivity index (χ4n) is 2.47. The van der Waals surface area contributed by atoms with Crippen LogP contribution in [-0.4, -0.2) is 32.8 Å². The highest BCUT2D eigenvalue weighted by molar-refractivity contribution is 5.86. The van der Waals surface area contributed by atoms with Crippen LogP contribution in [0.25, 0.3) is 0 Å². The van der Waals surface area contributed by atoms with E-state index in [1.165, 1.54) is 11.6 Å². The number of nitrogens with one attached hydrogen (secondary N) is 1. The second-order valence-corrected chi connectivity index (χ2v) is 4.60. The first-order chi connectivity index (χ1) is 9.22. The van der Waals surface area contributed by atoms with Crippen molar-refractivity contribution >= 4 is 5.91 Å². The molecule has 0 aromatic heterocycles. The molecule has 4 nitrogen and oxygen atoms in total. The summed E-state index contributed by atoms with van der Waals surface area (Å²) in [5.74, 6) is -0.206. The highest BCUT2D eigenvalue weighted by Crippen LogP contribution is 2.33. The minimum absolute atomic E-state index is 0.206. The normalized spacial score (nSPS) is 21.5. The van der Waals surface area contributed by atoms with E-state index in [0.29, 0.717) is 19.8 Å². The van der Waals surface area contributed by atoms with Crippen molar-refractivity contribution in [1.82, 2.24) is 5.32 Å². The van der Waals surface area contributed by atoms with Crippen LogP contribution in [0.3, 0.4) is 0 Å². The Kier molecular flexibility index (Phi) is 4.35. The second kappa shape index (κ2) is 5.99. The van der Waals surface area contributed by atoms with Gasteiger partial charge in [0.15, 0.2) is 0 Å². The van der Waals surface area contributed by atoms with E-state index in [1.807, 2.05) is 18.2 Å². The summed E-state index contributed by atoms with van der Waals surface area (Å²) in [6.45, 7) is 4.86. The molecule has 0 saturated heterocycles. The number of carbonyl (C=O) groups is 1. The lowest BCUT2D eigenvalue weighted by Crippen LogP contribution is -2.48. The summed E-state index contributed by atoms with van der Waals surface area (Å²) in [5, 5.41) is 2.81. The van der Waals surface area contributed by atoms with Gasteiger partial charge in [0.25, 0.3) is 0 Å². The van der Waals surface area contributed by atoms with E-state index >= 15 is 0 Å². The zero-order chi connectivity index (χ0) is 13.7. The molecule has 0 spiro atoms. The molecule has 0 radical (unpaired) electrons. The molecule has 1 aromatic carbocycles. The van der Waals surface area contributed by atoms with Gasteiger partial charge in [0.05, 0.1) is 19.8 Å². The van der Waals surface area contributed by atoms with Crippen LogP contribution in [0, 0.1) is 0 Å². The molecule has 1 amide bonds. The highest BCUT2D eigenvalue weighted by atomic mass is 16.5. The van der Waals surface area contributed by atoms with Crippen molar-refractivity contribution in [3.05, 3.63) is 48.0 Å². The molecule has 4 heteroatoms. The number of rotatable bonds is 5. The van der Waals surface area contributed by atoms with E-state index in [0.717, 1.165) is 12.0 Å². The SMILES string of the molecule is C=CC(=O)NCC1(COC)OCCc2ccccc21. The van der Waals surface area contributed by atoms with E-state index in [1.54, 1.807) is 7.11 Å². The van der Waals surface area contributed by atoms with E-state index in [2.05, 4.69) is 18.0 Å².